The van der Waals surface area contributed by atoms with Gasteiger partial charge in [0.25, 0.3) is 0 Å². The average molecular weight is 173 g/mol. The molecule has 0 rings (SSSR count). The molecule has 0 saturated carbocycles. The summed E-state index contributed by atoms with van der Waals surface area (Å²) in [5.74, 6) is -1.55. The van der Waals surface area contributed by atoms with E-state index in [-0.39, 0.29) is 0 Å². The summed E-state index contributed by atoms with van der Waals surface area (Å²) in [6.45, 7) is 7.67. The number of alkyl halides is 1. The first-order valence-electron chi connectivity index (χ1n) is 3.98. The molecular weight excluding hydrogens is 157 g/mol. The molecule has 1 atom stereocenters. The van der Waals surface area contributed by atoms with Gasteiger partial charge < -0.3 is 0 Å². The topological polar surface area (TPSA) is 40.9 Å². The summed E-state index contributed by atoms with van der Waals surface area (Å²) in [5, 5.41) is 8.32. The predicted octanol–water partition coefficient (Wildman–Crippen LogP) is 2.49. The van der Waals surface area contributed by atoms with Crippen molar-refractivity contribution >= 4 is 5.78 Å². The fourth-order valence-corrected chi connectivity index (χ4v) is 0.728. The molecule has 0 fully saturated rings. The zero-order chi connectivity index (χ0) is 10.4. The van der Waals surface area contributed by atoms with Crippen LogP contribution in [-0.4, -0.2) is 11.5 Å². The Morgan fingerprint density at radius 2 is 1.83 bits per heavy atom. The van der Waals surface area contributed by atoms with Gasteiger partial charge in [-0.3, -0.25) is 4.79 Å². The lowest BCUT2D eigenvalue weighted by Gasteiger charge is -2.17. The average Bonchev–Trinajstić information content (AvgIpc) is 1.89. The lowest BCUT2D eigenvalue weighted by Crippen LogP contribution is -2.30. The first-order valence-corrected chi connectivity index (χ1v) is 3.98. The highest BCUT2D eigenvalue weighted by molar-refractivity contribution is 5.81. The number of ketones is 1. The van der Waals surface area contributed by atoms with Gasteiger partial charge in [0, 0.05) is 0 Å². The molecule has 0 N–H and O–H groups in total. The van der Waals surface area contributed by atoms with Crippen molar-refractivity contribution in [3.05, 3.63) is 0 Å². The van der Waals surface area contributed by atoms with Crippen molar-refractivity contribution in [3.63, 3.8) is 0 Å². The highest BCUT2D eigenvalue weighted by Crippen LogP contribution is 2.20. The number of carbonyl (C=O) groups is 1. The second-order valence-electron chi connectivity index (χ2n) is 2.74. The van der Waals surface area contributed by atoms with Gasteiger partial charge in [-0.05, 0) is 20.8 Å². The van der Waals surface area contributed by atoms with E-state index in [1.165, 1.54) is 20.8 Å². The number of carbonyl (C=O) groups excluding carboxylic acids is 1. The van der Waals surface area contributed by atoms with Crippen LogP contribution in [0.1, 0.15) is 34.6 Å². The number of Topliss-reactive ketones (excluding diaryl/α,β-unsaturated/α-hetero) is 1. The summed E-state index contributed by atoms with van der Waals surface area (Å²) in [4.78, 5) is 10.6. The first kappa shape index (κ1) is 13.7. The molecule has 0 amide bonds. The van der Waals surface area contributed by atoms with Gasteiger partial charge in [0.05, 0.1) is 6.07 Å². The summed E-state index contributed by atoms with van der Waals surface area (Å²) < 4.78 is 12.9. The lowest BCUT2D eigenvalue weighted by molar-refractivity contribution is -0.122. The zero-order valence-electron chi connectivity index (χ0n) is 8.31. The van der Waals surface area contributed by atoms with Gasteiger partial charge in [-0.1, -0.05) is 13.8 Å². The fourth-order valence-electron chi connectivity index (χ4n) is 0.728. The van der Waals surface area contributed by atoms with E-state index < -0.39 is 17.4 Å². The van der Waals surface area contributed by atoms with Crippen molar-refractivity contribution in [2.24, 2.45) is 5.92 Å². The molecule has 70 valence electrons. The first-order chi connectivity index (χ1) is 5.39. The quantitative estimate of drug-likeness (QED) is 0.643. The van der Waals surface area contributed by atoms with E-state index in [1.54, 1.807) is 6.07 Å². The van der Waals surface area contributed by atoms with Crippen LogP contribution in [0, 0.1) is 17.2 Å². The third-order valence-corrected chi connectivity index (χ3v) is 1.22. The Labute approximate surface area is 73.4 Å². The van der Waals surface area contributed by atoms with E-state index in [2.05, 4.69) is 0 Å². The summed E-state index contributed by atoms with van der Waals surface area (Å²) in [7, 11) is 0. The van der Waals surface area contributed by atoms with Gasteiger partial charge in [-0.2, -0.15) is 5.26 Å². The molecule has 0 aromatic carbocycles. The number of halogens is 1. The Kier molecular flexibility index (Phi) is 6.49. The normalized spacial score (nSPS) is 12.1. The van der Waals surface area contributed by atoms with E-state index in [1.807, 2.05) is 13.8 Å². The molecule has 0 saturated heterocycles. The second-order valence-corrected chi connectivity index (χ2v) is 2.74. The number of hydrogen-bond donors (Lipinski definition) is 0. The predicted molar refractivity (Wildman–Crippen MR) is 46.3 cm³/mol. The molecule has 0 aliphatic carbocycles. The van der Waals surface area contributed by atoms with E-state index in [0.29, 0.717) is 0 Å². The summed E-state index contributed by atoms with van der Waals surface area (Å²) in [6.07, 6.45) is 0. The van der Waals surface area contributed by atoms with Crippen LogP contribution >= 0.6 is 0 Å². The molecule has 0 aromatic heterocycles. The van der Waals surface area contributed by atoms with Crippen LogP contribution in [-0.2, 0) is 4.79 Å². The van der Waals surface area contributed by atoms with Gasteiger partial charge in [0.15, 0.2) is 0 Å². The van der Waals surface area contributed by atoms with Crippen molar-refractivity contribution in [2.45, 2.75) is 40.3 Å². The Morgan fingerprint density at radius 1 is 1.50 bits per heavy atom. The van der Waals surface area contributed by atoms with Gasteiger partial charge in [-0.25, -0.2) is 4.39 Å². The zero-order valence-corrected chi connectivity index (χ0v) is 8.31. The van der Waals surface area contributed by atoms with Crippen molar-refractivity contribution in [1.82, 2.24) is 0 Å². The van der Waals surface area contributed by atoms with Crippen LogP contribution in [0.25, 0.3) is 0 Å². The van der Waals surface area contributed by atoms with Crippen molar-refractivity contribution in [2.75, 3.05) is 0 Å². The van der Waals surface area contributed by atoms with Crippen LogP contribution < -0.4 is 0 Å². The highest BCUT2D eigenvalue weighted by atomic mass is 19.1. The third-order valence-electron chi connectivity index (χ3n) is 1.22. The highest BCUT2D eigenvalue weighted by Gasteiger charge is 2.32. The van der Waals surface area contributed by atoms with Gasteiger partial charge in [0.2, 0.25) is 0 Å². The molecular formula is C9H16FNO. The van der Waals surface area contributed by atoms with Crippen LogP contribution in [0.2, 0.25) is 0 Å². The Hall–Kier alpha value is -0.910. The minimum absolute atomic E-state index is 0.421. The maximum Gasteiger partial charge on any atom is 0.150 e. The number of nitrogens with zero attached hydrogens (tertiary/aromatic N) is 1. The second kappa shape index (κ2) is 5.70. The smallest absolute Gasteiger partial charge is 0.150 e. The monoisotopic (exact) mass is 173 g/mol. The van der Waals surface area contributed by atoms with E-state index in [4.69, 9.17) is 5.26 Å². The minimum Gasteiger partial charge on any atom is -0.298 e. The standard InChI is InChI=1S/C7H10FNO.C2H6/c1-5(10)6(4-9)7(2,3)8;1-2/h6H,1-3H3;1-2H3. The maximum atomic E-state index is 12.9. The lowest BCUT2D eigenvalue weighted by atomic mass is 9.91. The fraction of sp³-hybridized carbons (Fsp3) is 0.778. The maximum absolute atomic E-state index is 12.9. The van der Waals surface area contributed by atoms with Crippen LogP contribution in [0.5, 0.6) is 0 Å². The van der Waals surface area contributed by atoms with E-state index in [9.17, 15) is 9.18 Å². The van der Waals surface area contributed by atoms with Crippen LogP contribution in [0.4, 0.5) is 4.39 Å². The largest absolute Gasteiger partial charge is 0.298 e. The third kappa shape index (κ3) is 4.84. The molecule has 12 heavy (non-hydrogen) atoms. The van der Waals surface area contributed by atoms with Crippen LogP contribution in [0.3, 0.4) is 0 Å². The van der Waals surface area contributed by atoms with Crippen molar-refractivity contribution < 1.29 is 9.18 Å². The molecule has 3 heteroatoms. The molecule has 0 aliphatic heterocycles. The molecule has 0 radical (unpaired) electrons. The number of rotatable bonds is 2. The summed E-state index contributed by atoms with van der Waals surface area (Å²) in [6, 6.07) is 1.62. The van der Waals surface area contributed by atoms with Crippen molar-refractivity contribution in [1.29, 1.82) is 5.26 Å². The molecule has 0 aromatic rings. The number of nitriles is 1. The van der Waals surface area contributed by atoms with E-state index >= 15 is 0 Å². The van der Waals surface area contributed by atoms with Crippen LogP contribution in [0.15, 0.2) is 0 Å². The molecule has 0 heterocycles. The summed E-state index contributed by atoms with van der Waals surface area (Å²) >= 11 is 0. The van der Waals surface area contributed by atoms with Gasteiger partial charge >= 0.3 is 0 Å². The molecule has 0 aliphatic rings. The molecule has 2 nitrogen and oxygen atoms in total. The van der Waals surface area contributed by atoms with Crippen molar-refractivity contribution in [3.8, 4) is 6.07 Å². The summed E-state index contributed by atoms with van der Waals surface area (Å²) in [5.41, 5.74) is -1.72. The van der Waals surface area contributed by atoms with Gasteiger partial charge in [0.1, 0.15) is 17.4 Å². The minimum atomic E-state index is -1.72. The SMILES string of the molecule is CC.CC(=O)C(C#N)C(C)(C)F. The molecule has 0 spiro atoms. The molecule has 0 bridgehead atoms. The molecule has 1 unspecified atom stereocenters. The van der Waals surface area contributed by atoms with Gasteiger partial charge in [-0.15, -0.1) is 0 Å². The number of hydrogen-bond acceptors (Lipinski definition) is 2. The Bertz CT molecular complexity index is 176. The van der Waals surface area contributed by atoms with E-state index in [0.717, 1.165) is 0 Å². The Balaban J connectivity index is 0. The Morgan fingerprint density at radius 3 is 1.83 bits per heavy atom.